The van der Waals surface area contributed by atoms with Gasteiger partial charge in [0.2, 0.25) is 10.0 Å². The Bertz CT molecular complexity index is 426. The Kier molecular flexibility index (Phi) is 5.07. The molecule has 0 aliphatic carbocycles. The summed E-state index contributed by atoms with van der Waals surface area (Å²) >= 11 is 0. The molecule has 0 N–H and O–H groups in total. The van der Waals surface area contributed by atoms with Gasteiger partial charge in [-0.3, -0.25) is 0 Å². The molecule has 20 heavy (non-hydrogen) atoms. The summed E-state index contributed by atoms with van der Waals surface area (Å²) in [7, 11) is 0.903. The van der Waals surface area contributed by atoms with Gasteiger partial charge < -0.3 is 14.4 Å². The van der Waals surface area contributed by atoms with E-state index in [0.29, 0.717) is 38.8 Å². The van der Waals surface area contributed by atoms with E-state index in [9.17, 15) is 8.42 Å². The number of hydrogen-bond donors (Lipinski definition) is 0. The zero-order valence-corrected chi connectivity index (χ0v) is 13.5. The van der Waals surface area contributed by atoms with E-state index in [-0.39, 0.29) is 5.75 Å². The summed E-state index contributed by atoms with van der Waals surface area (Å²) in [5.41, 5.74) is -0.459. The molecule has 2 atom stereocenters. The fraction of sp³-hybridized carbons (Fsp3) is 1.00. The van der Waals surface area contributed by atoms with Gasteiger partial charge in [0, 0.05) is 19.6 Å². The SMILES string of the molecule is CCS(=O)(=O)N1CCOC[C@]2(C[C@@H](CN(C)C)CO2)C1. The monoisotopic (exact) mass is 306 g/mol. The summed E-state index contributed by atoms with van der Waals surface area (Å²) in [5.74, 6) is 0.572. The van der Waals surface area contributed by atoms with Crippen LogP contribution in [0.3, 0.4) is 0 Å². The molecule has 2 aliphatic rings. The molecule has 0 radical (unpaired) electrons. The lowest BCUT2D eigenvalue weighted by atomic mass is 9.94. The Morgan fingerprint density at radius 3 is 2.80 bits per heavy atom. The average molecular weight is 306 g/mol. The van der Waals surface area contributed by atoms with Gasteiger partial charge in [-0.15, -0.1) is 0 Å². The van der Waals surface area contributed by atoms with Gasteiger partial charge in [0.1, 0.15) is 5.60 Å². The largest absolute Gasteiger partial charge is 0.377 e. The Labute approximate surface area is 122 Å². The van der Waals surface area contributed by atoms with E-state index < -0.39 is 15.6 Å². The van der Waals surface area contributed by atoms with Gasteiger partial charge in [-0.2, -0.15) is 4.31 Å². The molecule has 6 nitrogen and oxygen atoms in total. The third kappa shape index (κ3) is 3.71. The molecule has 7 heteroatoms. The normalized spacial score (nSPS) is 32.9. The van der Waals surface area contributed by atoms with Crippen molar-refractivity contribution in [2.45, 2.75) is 18.9 Å². The van der Waals surface area contributed by atoms with Gasteiger partial charge in [0.15, 0.2) is 0 Å². The number of nitrogens with zero attached hydrogens (tertiary/aromatic N) is 2. The predicted molar refractivity (Wildman–Crippen MR) is 77.2 cm³/mol. The third-order valence-corrected chi connectivity index (χ3v) is 5.81. The third-order valence-electron chi connectivity index (χ3n) is 3.98. The molecule has 2 rings (SSSR count). The zero-order chi connectivity index (χ0) is 14.8. The topological polar surface area (TPSA) is 59.1 Å². The van der Waals surface area contributed by atoms with Gasteiger partial charge in [-0.1, -0.05) is 0 Å². The van der Waals surface area contributed by atoms with Crippen molar-refractivity contribution in [3.63, 3.8) is 0 Å². The maximum atomic E-state index is 12.1. The fourth-order valence-electron chi connectivity index (χ4n) is 3.07. The second-order valence-corrected chi connectivity index (χ2v) is 8.37. The van der Waals surface area contributed by atoms with Crippen LogP contribution < -0.4 is 0 Å². The molecule has 2 heterocycles. The molecular weight excluding hydrogens is 280 g/mol. The van der Waals surface area contributed by atoms with Crippen molar-refractivity contribution in [2.24, 2.45) is 5.92 Å². The minimum atomic E-state index is -3.19. The van der Waals surface area contributed by atoms with Crippen molar-refractivity contribution in [2.75, 3.05) is 59.3 Å². The molecule has 0 unspecified atom stereocenters. The number of rotatable bonds is 4. The highest BCUT2D eigenvalue weighted by molar-refractivity contribution is 7.89. The van der Waals surface area contributed by atoms with Crippen LogP contribution >= 0.6 is 0 Å². The standard InChI is InChI=1S/C13H26N2O4S/c1-4-20(16,17)15-5-6-18-11-13(10-15)7-12(9-19-13)8-14(2)3/h12H,4-11H2,1-3H3/t12-,13-/m0/s1. The highest BCUT2D eigenvalue weighted by Crippen LogP contribution is 2.33. The molecule has 0 aromatic heterocycles. The minimum absolute atomic E-state index is 0.129. The number of sulfonamides is 1. The second kappa shape index (κ2) is 6.27. The maximum absolute atomic E-state index is 12.1. The molecule has 0 aromatic rings. The predicted octanol–water partition coefficient (Wildman–Crippen LogP) is 0.00520. The smallest absolute Gasteiger partial charge is 0.214 e. The number of hydrogen-bond acceptors (Lipinski definition) is 5. The van der Waals surface area contributed by atoms with E-state index in [0.717, 1.165) is 13.0 Å². The van der Waals surface area contributed by atoms with Crippen molar-refractivity contribution in [1.82, 2.24) is 9.21 Å². The Morgan fingerprint density at radius 2 is 2.15 bits per heavy atom. The quantitative estimate of drug-likeness (QED) is 0.732. The summed E-state index contributed by atoms with van der Waals surface area (Å²) in [6, 6.07) is 0. The first-order chi connectivity index (χ1) is 9.37. The molecule has 2 saturated heterocycles. The first kappa shape index (κ1) is 16.2. The Balaban J connectivity index is 2.07. The van der Waals surface area contributed by atoms with Crippen molar-refractivity contribution >= 4 is 10.0 Å². The van der Waals surface area contributed by atoms with Crippen molar-refractivity contribution in [1.29, 1.82) is 0 Å². The molecule has 0 saturated carbocycles. The van der Waals surface area contributed by atoms with Gasteiger partial charge in [0.05, 0.1) is 25.6 Å². The molecular formula is C13H26N2O4S. The summed E-state index contributed by atoms with van der Waals surface area (Å²) in [4.78, 5) is 2.14. The van der Waals surface area contributed by atoms with Crippen molar-refractivity contribution in [3.8, 4) is 0 Å². The number of ether oxygens (including phenoxy) is 2. The lowest BCUT2D eigenvalue weighted by molar-refractivity contribution is -0.0512. The van der Waals surface area contributed by atoms with Crippen LogP contribution in [0.15, 0.2) is 0 Å². The lowest BCUT2D eigenvalue weighted by Crippen LogP contribution is -2.46. The second-order valence-electron chi connectivity index (χ2n) is 6.11. The van der Waals surface area contributed by atoms with Crippen molar-refractivity contribution < 1.29 is 17.9 Å². The molecule has 0 aromatic carbocycles. The summed E-state index contributed by atoms with van der Waals surface area (Å²) in [5, 5.41) is 0. The summed E-state index contributed by atoms with van der Waals surface area (Å²) in [6.45, 7) is 5.12. The Morgan fingerprint density at radius 1 is 1.40 bits per heavy atom. The van der Waals surface area contributed by atoms with E-state index in [1.54, 1.807) is 6.92 Å². The van der Waals surface area contributed by atoms with E-state index in [2.05, 4.69) is 4.90 Å². The average Bonchev–Trinajstić information content (AvgIpc) is 2.62. The Hall–Kier alpha value is -0.210. The molecule has 118 valence electrons. The molecule has 0 bridgehead atoms. The minimum Gasteiger partial charge on any atom is -0.377 e. The van der Waals surface area contributed by atoms with Crippen LogP contribution in [0, 0.1) is 5.92 Å². The first-order valence-electron chi connectivity index (χ1n) is 7.21. The van der Waals surface area contributed by atoms with Crippen LogP contribution in [-0.4, -0.2) is 82.5 Å². The molecule has 2 aliphatic heterocycles. The van der Waals surface area contributed by atoms with Crippen LogP contribution in [-0.2, 0) is 19.5 Å². The van der Waals surface area contributed by atoms with Gasteiger partial charge >= 0.3 is 0 Å². The van der Waals surface area contributed by atoms with Crippen LogP contribution in [0.4, 0.5) is 0 Å². The molecule has 2 fully saturated rings. The van der Waals surface area contributed by atoms with E-state index in [4.69, 9.17) is 9.47 Å². The molecule has 1 spiro atoms. The van der Waals surface area contributed by atoms with E-state index in [1.165, 1.54) is 4.31 Å². The van der Waals surface area contributed by atoms with Gasteiger partial charge in [-0.05, 0) is 33.4 Å². The lowest BCUT2D eigenvalue weighted by Gasteiger charge is -2.30. The summed E-state index contributed by atoms with van der Waals surface area (Å²) < 4.78 is 37.4. The van der Waals surface area contributed by atoms with Gasteiger partial charge in [0.25, 0.3) is 0 Å². The first-order valence-corrected chi connectivity index (χ1v) is 8.82. The van der Waals surface area contributed by atoms with Crippen LogP contribution in [0.5, 0.6) is 0 Å². The van der Waals surface area contributed by atoms with Gasteiger partial charge in [-0.25, -0.2) is 8.42 Å². The highest BCUT2D eigenvalue weighted by Gasteiger charge is 2.45. The highest BCUT2D eigenvalue weighted by atomic mass is 32.2. The maximum Gasteiger partial charge on any atom is 0.214 e. The fourth-order valence-corrected chi connectivity index (χ4v) is 4.22. The van der Waals surface area contributed by atoms with Crippen LogP contribution in [0.2, 0.25) is 0 Å². The van der Waals surface area contributed by atoms with Crippen molar-refractivity contribution in [3.05, 3.63) is 0 Å². The van der Waals surface area contributed by atoms with Crippen LogP contribution in [0.1, 0.15) is 13.3 Å². The van der Waals surface area contributed by atoms with E-state index >= 15 is 0 Å². The molecule has 0 amide bonds. The van der Waals surface area contributed by atoms with E-state index in [1.807, 2.05) is 14.1 Å². The summed E-state index contributed by atoms with van der Waals surface area (Å²) in [6.07, 6.45) is 0.862. The zero-order valence-electron chi connectivity index (χ0n) is 12.7. The van der Waals surface area contributed by atoms with Crippen LogP contribution in [0.25, 0.3) is 0 Å².